The summed E-state index contributed by atoms with van der Waals surface area (Å²) in [6, 6.07) is 13.9. The fourth-order valence-electron chi connectivity index (χ4n) is 4.12. The molecule has 2 heterocycles. The molecular weight excluding hydrogens is 456 g/mol. The minimum atomic E-state index is -3.76. The van der Waals surface area contributed by atoms with Gasteiger partial charge in [-0.2, -0.15) is 4.31 Å². The number of benzene rings is 2. The van der Waals surface area contributed by atoms with Crippen molar-refractivity contribution in [3.63, 3.8) is 0 Å². The molecule has 0 spiro atoms. The molecule has 2 aromatic carbocycles. The maximum atomic E-state index is 13.8. The summed E-state index contributed by atoms with van der Waals surface area (Å²) < 4.78 is 29.2. The number of sulfonamides is 1. The first kappa shape index (κ1) is 23.8. The minimum Gasteiger partial charge on any atom is -0.309 e. The number of aryl methyl sites for hydroxylation is 1. The summed E-state index contributed by atoms with van der Waals surface area (Å²) in [4.78, 5) is 22.5. The van der Waals surface area contributed by atoms with Gasteiger partial charge in [0.05, 0.1) is 15.1 Å². The molecule has 4 rings (SSSR count). The number of fused-ring (bicyclic) bond motifs is 1. The first-order valence-corrected chi connectivity index (χ1v) is 13.4. The topological polar surface area (TPSA) is 73.8 Å². The van der Waals surface area contributed by atoms with Crippen LogP contribution >= 0.6 is 11.3 Å². The van der Waals surface area contributed by atoms with Gasteiger partial charge in [0, 0.05) is 13.1 Å². The summed E-state index contributed by atoms with van der Waals surface area (Å²) in [5.74, 6) is -0.194. The predicted octanol–water partition coefficient (Wildman–Crippen LogP) is 3.74. The van der Waals surface area contributed by atoms with Gasteiger partial charge in [0.2, 0.25) is 15.9 Å². The van der Waals surface area contributed by atoms with Crippen LogP contribution in [0.25, 0.3) is 10.2 Å². The zero-order valence-corrected chi connectivity index (χ0v) is 20.9. The highest BCUT2D eigenvalue weighted by Crippen LogP contribution is 2.32. The van der Waals surface area contributed by atoms with E-state index in [1.165, 1.54) is 15.6 Å². The number of hydrogen-bond acceptors (Lipinski definition) is 6. The third-order valence-electron chi connectivity index (χ3n) is 5.88. The van der Waals surface area contributed by atoms with E-state index in [4.69, 9.17) is 4.98 Å². The van der Waals surface area contributed by atoms with Crippen LogP contribution in [0.2, 0.25) is 0 Å². The molecule has 1 atom stereocenters. The van der Waals surface area contributed by atoms with Crippen LogP contribution in [0.1, 0.15) is 24.8 Å². The third-order valence-corrected chi connectivity index (χ3v) is 8.86. The van der Waals surface area contributed by atoms with Gasteiger partial charge >= 0.3 is 0 Å². The number of anilines is 1. The van der Waals surface area contributed by atoms with Crippen LogP contribution in [0, 0.1) is 6.92 Å². The van der Waals surface area contributed by atoms with Crippen molar-refractivity contribution in [2.45, 2.75) is 37.1 Å². The molecule has 0 radical (unpaired) electrons. The van der Waals surface area contributed by atoms with E-state index in [2.05, 4.69) is 4.90 Å². The molecule has 0 N–H and O–H groups in total. The number of nitrogens with zero attached hydrogens (tertiary/aromatic N) is 4. The molecule has 1 saturated heterocycles. The summed E-state index contributed by atoms with van der Waals surface area (Å²) in [7, 11) is 0.230. The van der Waals surface area contributed by atoms with Crippen molar-refractivity contribution in [1.82, 2.24) is 14.2 Å². The second-order valence-corrected chi connectivity index (χ2v) is 11.6. The zero-order valence-electron chi connectivity index (χ0n) is 19.3. The summed E-state index contributed by atoms with van der Waals surface area (Å²) in [5, 5.41) is 0.625. The SMILES string of the molecule is Cc1ccc(S(=O)(=O)N2CCCC2C(=O)N(CCCN(C)C)c2nc3ccccc3s2)cc1. The van der Waals surface area contributed by atoms with Crippen molar-refractivity contribution in [3.05, 3.63) is 54.1 Å². The molecule has 1 amide bonds. The Bertz CT molecular complexity index is 1190. The number of amides is 1. The maximum Gasteiger partial charge on any atom is 0.247 e. The fraction of sp³-hybridized carbons (Fsp3) is 0.417. The second kappa shape index (κ2) is 9.89. The number of carbonyl (C=O) groups excluding carboxylic acids is 1. The Labute approximate surface area is 199 Å². The van der Waals surface area contributed by atoms with Crippen LogP contribution in [-0.2, 0) is 14.8 Å². The second-order valence-electron chi connectivity index (χ2n) is 8.70. The maximum absolute atomic E-state index is 13.8. The van der Waals surface area contributed by atoms with Gasteiger partial charge in [-0.3, -0.25) is 9.69 Å². The molecule has 1 unspecified atom stereocenters. The van der Waals surface area contributed by atoms with E-state index in [0.717, 1.165) is 28.7 Å². The Kier molecular flexibility index (Phi) is 7.13. The lowest BCUT2D eigenvalue weighted by Crippen LogP contribution is -2.48. The zero-order chi connectivity index (χ0) is 23.6. The first-order chi connectivity index (χ1) is 15.8. The van der Waals surface area contributed by atoms with E-state index < -0.39 is 16.1 Å². The Morgan fingerprint density at radius 2 is 1.85 bits per heavy atom. The largest absolute Gasteiger partial charge is 0.309 e. The van der Waals surface area contributed by atoms with E-state index >= 15 is 0 Å². The molecule has 0 saturated carbocycles. The summed E-state index contributed by atoms with van der Waals surface area (Å²) in [6.07, 6.45) is 1.94. The van der Waals surface area contributed by atoms with E-state index in [0.29, 0.717) is 31.1 Å². The van der Waals surface area contributed by atoms with Gasteiger partial charge in [0.1, 0.15) is 6.04 Å². The predicted molar refractivity (Wildman–Crippen MR) is 133 cm³/mol. The lowest BCUT2D eigenvalue weighted by Gasteiger charge is -2.29. The van der Waals surface area contributed by atoms with Crippen LogP contribution in [0.5, 0.6) is 0 Å². The van der Waals surface area contributed by atoms with Gasteiger partial charge < -0.3 is 4.90 Å². The number of carbonyl (C=O) groups is 1. The normalized spacial score (nSPS) is 17.2. The van der Waals surface area contributed by atoms with Crippen LogP contribution in [0.4, 0.5) is 5.13 Å². The van der Waals surface area contributed by atoms with Gasteiger partial charge in [-0.15, -0.1) is 0 Å². The average Bonchev–Trinajstić information content (AvgIpc) is 3.44. The standard InChI is InChI=1S/C24H30N4O3S2/c1-18-11-13-19(14-12-18)33(30,31)28-17-6-9-21(28)23(29)27(16-7-15-26(2)3)24-25-20-8-4-5-10-22(20)32-24/h4-5,8,10-14,21H,6-7,9,15-17H2,1-3H3. The molecule has 7 nitrogen and oxygen atoms in total. The highest BCUT2D eigenvalue weighted by molar-refractivity contribution is 7.89. The van der Waals surface area contributed by atoms with E-state index in [-0.39, 0.29) is 10.8 Å². The van der Waals surface area contributed by atoms with Crippen molar-refractivity contribution < 1.29 is 13.2 Å². The van der Waals surface area contributed by atoms with Gasteiger partial charge in [-0.1, -0.05) is 41.2 Å². The summed E-state index contributed by atoms with van der Waals surface area (Å²) in [6.45, 7) is 3.58. The van der Waals surface area contributed by atoms with Crippen LogP contribution in [-0.4, -0.2) is 68.3 Å². The summed E-state index contributed by atoms with van der Waals surface area (Å²) in [5.41, 5.74) is 1.84. The quantitative estimate of drug-likeness (QED) is 0.485. The number of hydrogen-bond donors (Lipinski definition) is 0. The molecular formula is C24H30N4O3S2. The number of rotatable bonds is 8. The van der Waals surface area contributed by atoms with Crippen molar-refractivity contribution in [1.29, 1.82) is 0 Å². The van der Waals surface area contributed by atoms with Gasteiger partial charge in [0.15, 0.2) is 5.13 Å². The number of aromatic nitrogens is 1. The van der Waals surface area contributed by atoms with Crippen LogP contribution in [0.15, 0.2) is 53.4 Å². The molecule has 3 aromatic rings. The summed E-state index contributed by atoms with van der Waals surface area (Å²) >= 11 is 1.47. The number of para-hydroxylation sites is 1. The fourth-order valence-corrected chi connectivity index (χ4v) is 6.77. The smallest absolute Gasteiger partial charge is 0.247 e. The molecule has 176 valence electrons. The van der Waals surface area contributed by atoms with Crippen molar-refractivity contribution in [2.75, 3.05) is 38.6 Å². The van der Waals surface area contributed by atoms with Gasteiger partial charge in [-0.25, -0.2) is 13.4 Å². The minimum absolute atomic E-state index is 0.194. The van der Waals surface area contributed by atoms with E-state index in [9.17, 15) is 13.2 Å². The first-order valence-electron chi connectivity index (χ1n) is 11.2. The Morgan fingerprint density at radius 1 is 1.12 bits per heavy atom. The lowest BCUT2D eigenvalue weighted by molar-refractivity contribution is -0.121. The van der Waals surface area contributed by atoms with E-state index in [1.54, 1.807) is 29.2 Å². The van der Waals surface area contributed by atoms with Crippen molar-refractivity contribution >= 4 is 42.6 Å². The molecule has 0 aliphatic carbocycles. The van der Waals surface area contributed by atoms with Gasteiger partial charge in [0.25, 0.3) is 0 Å². The van der Waals surface area contributed by atoms with Crippen LogP contribution in [0.3, 0.4) is 0 Å². The average molecular weight is 487 g/mol. The molecule has 0 bridgehead atoms. The highest BCUT2D eigenvalue weighted by atomic mass is 32.2. The molecule has 9 heteroatoms. The molecule has 1 aromatic heterocycles. The molecule has 1 aliphatic heterocycles. The molecule has 1 fully saturated rings. The Hall–Kier alpha value is -2.33. The Balaban J connectivity index is 1.64. The van der Waals surface area contributed by atoms with Crippen molar-refractivity contribution in [2.24, 2.45) is 0 Å². The highest BCUT2D eigenvalue weighted by Gasteiger charge is 2.41. The van der Waals surface area contributed by atoms with E-state index in [1.807, 2.05) is 45.3 Å². The number of thiazole rings is 1. The Morgan fingerprint density at radius 3 is 2.55 bits per heavy atom. The molecule has 33 heavy (non-hydrogen) atoms. The molecule has 1 aliphatic rings. The lowest BCUT2D eigenvalue weighted by atomic mass is 10.2. The van der Waals surface area contributed by atoms with Gasteiger partial charge in [-0.05, 0) is 71.1 Å². The van der Waals surface area contributed by atoms with Crippen molar-refractivity contribution in [3.8, 4) is 0 Å². The van der Waals surface area contributed by atoms with Crippen LogP contribution < -0.4 is 4.90 Å². The monoisotopic (exact) mass is 486 g/mol. The third kappa shape index (κ3) is 5.11.